The van der Waals surface area contributed by atoms with Gasteiger partial charge in [0.1, 0.15) is 22.2 Å². The second kappa shape index (κ2) is 7.22. The largest absolute Gasteiger partial charge is 0.357 e. The summed E-state index contributed by atoms with van der Waals surface area (Å²) in [4.78, 5) is 36.9. The number of hydrogen-bond acceptors (Lipinski definition) is 8. The van der Waals surface area contributed by atoms with Gasteiger partial charge in [0.05, 0.1) is 11.1 Å². The lowest BCUT2D eigenvalue weighted by atomic mass is 10.0. The first-order valence-corrected chi connectivity index (χ1v) is 10.9. The molecule has 0 spiro atoms. The number of aromatic nitrogens is 4. The fourth-order valence-electron chi connectivity index (χ4n) is 4.14. The Balaban J connectivity index is 1.56. The van der Waals surface area contributed by atoms with Gasteiger partial charge in [0.2, 0.25) is 5.95 Å². The molecule has 0 aromatic carbocycles. The summed E-state index contributed by atoms with van der Waals surface area (Å²) in [6.45, 7) is 4.90. The van der Waals surface area contributed by atoms with Gasteiger partial charge in [0.25, 0.3) is 5.91 Å². The molecule has 5 heterocycles. The van der Waals surface area contributed by atoms with Crippen LogP contribution in [0.15, 0.2) is 11.4 Å². The quantitative estimate of drug-likeness (QED) is 0.711. The van der Waals surface area contributed by atoms with Crippen molar-refractivity contribution in [3.8, 4) is 0 Å². The molecule has 0 atom stereocenters. The molecule has 2 aliphatic heterocycles. The average Bonchev–Trinajstić information content (AvgIpc) is 3.43. The molecule has 1 amide bonds. The van der Waals surface area contributed by atoms with Crippen LogP contribution >= 0.6 is 11.3 Å². The number of rotatable bonds is 3. The molecule has 0 radical (unpaired) electrons. The zero-order valence-electron chi connectivity index (χ0n) is 16.6. The number of anilines is 2. The molecule has 1 N–H and O–H groups in total. The summed E-state index contributed by atoms with van der Waals surface area (Å²) in [5, 5.41) is 6.11. The van der Waals surface area contributed by atoms with E-state index in [0.29, 0.717) is 18.2 Å². The van der Waals surface area contributed by atoms with E-state index in [1.54, 1.807) is 18.4 Å². The minimum atomic E-state index is 0.0130. The summed E-state index contributed by atoms with van der Waals surface area (Å²) in [6, 6.07) is 2.07. The number of aryl methyl sites for hydroxylation is 1. The van der Waals surface area contributed by atoms with Crippen LogP contribution in [0.5, 0.6) is 0 Å². The molecule has 0 bridgehead atoms. The molecule has 9 heteroatoms. The van der Waals surface area contributed by atoms with Gasteiger partial charge in [-0.3, -0.25) is 4.79 Å². The maximum atomic E-state index is 13.2. The summed E-state index contributed by atoms with van der Waals surface area (Å²) in [5.41, 5.74) is 2.40. The Bertz CT molecular complexity index is 1090. The predicted octanol–water partition coefficient (Wildman–Crippen LogP) is 2.63. The van der Waals surface area contributed by atoms with E-state index < -0.39 is 0 Å². The maximum absolute atomic E-state index is 13.2. The Morgan fingerprint density at radius 1 is 1.14 bits per heavy atom. The Hall–Kier alpha value is -2.81. The Kier molecular flexibility index (Phi) is 4.54. The zero-order chi connectivity index (χ0) is 20.0. The van der Waals surface area contributed by atoms with Gasteiger partial charge in [-0.25, -0.2) is 19.9 Å². The van der Waals surface area contributed by atoms with E-state index in [0.717, 1.165) is 72.0 Å². The van der Waals surface area contributed by atoms with Crippen LogP contribution in [-0.4, -0.2) is 57.4 Å². The molecule has 150 valence electrons. The summed E-state index contributed by atoms with van der Waals surface area (Å²) >= 11 is 1.62. The number of hydrogen-bond donors (Lipinski definition) is 1. The second-order valence-corrected chi connectivity index (χ2v) is 8.37. The normalized spacial score (nSPS) is 16.3. The van der Waals surface area contributed by atoms with E-state index in [-0.39, 0.29) is 5.91 Å². The molecule has 3 aromatic rings. The van der Waals surface area contributed by atoms with Gasteiger partial charge < -0.3 is 15.1 Å². The van der Waals surface area contributed by atoms with Crippen molar-refractivity contribution in [3.05, 3.63) is 34.2 Å². The molecule has 2 aliphatic rings. The van der Waals surface area contributed by atoms with E-state index >= 15 is 0 Å². The molecule has 0 unspecified atom stereocenters. The van der Waals surface area contributed by atoms with Gasteiger partial charge in [-0.2, -0.15) is 0 Å². The number of nitrogens with zero attached hydrogens (tertiary/aromatic N) is 6. The minimum Gasteiger partial charge on any atom is -0.357 e. The standard InChI is InChI=1S/C20H23N7OS/c1-12-22-17(13-6-10-29-18(13)23-12)27-9-5-15-14(11-27)16(25-20(21-2)24-15)19(28)26-7-3-4-8-26/h6,10H,3-5,7-9,11H2,1-2H3,(H,21,24,25). The van der Waals surface area contributed by atoms with Crippen LogP contribution in [0, 0.1) is 6.92 Å². The molecule has 8 nitrogen and oxygen atoms in total. The number of amides is 1. The Morgan fingerprint density at radius 2 is 1.97 bits per heavy atom. The van der Waals surface area contributed by atoms with Gasteiger partial charge in [0, 0.05) is 45.2 Å². The van der Waals surface area contributed by atoms with Crippen LogP contribution in [0.1, 0.15) is 40.4 Å². The lowest BCUT2D eigenvalue weighted by Gasteiger charge is -2.31. The van der Waals surface area contributed by atoms with Crippen LogP contribution in [0.3, 0.4) is 0 Å². The molecule has 1 fully saturated rings. The van der Waals surface area contributed by atoms with Gasteiger partial charge in [-0.1, -0.05) is 0 Å². The Labute approximate surface area is 173 Å². The minimum absolute atomic E-state index is 0.0130. The van der Waals surface area contributed by atoms with Crippen molar-refractivity contribution < 1.29 is 4.79 Å². The monoisotopic (exact) mass is 409 g/mol. The lowest BCUT2D eigenvalue weighted by Crippen LogP contribution is -2.36. The topological polar surface area (TPSA) is 87.1 Å². The van der Waals surface area contributed by atoms with Crippen molar-refractivity contribution in [3.63, 3.8) is 0 Å². The first kappa shape index (κ1) is 18.2. The summed E-state index contributed by atoms with van der Waals surface area (Å²) in [7, 11) is 1.79. The van der Waals surface area contributed by atoms with Crippen molar-refractivity contribution in [2.75, 3.05) is 36.9 Å². The number of fused-ring (bicyclic) bond motifs is 2. The SMILES string of the molecule is CNc1nc2c(c(C(=O)N3CCCC3)n1)CN(c1nc(C)nc3sccc13)CC2. The highest BCUT2D eigenvalue weighted by Crippen LogP contribution is 2.32. The van der Waals surface area contributed by atoms with Crippen LogP contribution in [0.4, 0.5) is 11.8 Å². The highest BCUT2D eigenvalue weighted by molar-refractivity contribution is 7.16. The first-order chi connectivity index (χ1) is 14.1. The van der Waals surface area contributed by atoms with Crippen LogP contribution in [0.2, 0.25) is 0 Å². The number of carbonyl (C=O) groups is 1. The van der Waals surface area contributed by atoms with Crippen molar-refractivity contribution in [2.24, 2.45) is 0 Å². The molecule has 5 rings (SSSR count). The highest BCUT2D eigenvalue weighted by atomic mass is 32.1. The second-order valence-electron chi connectivity index (χ2n) is 7.48. The Morgan fingerprint density at radius 3 is 2.76 bits per heavy atom. The van der Waals surface area contributed by atoms with Gasteiger partial charge in [0.15, 0.2) is 0 Å². The molecule has 0 saturated carbocycles. The van der Waals surface area contributed by atoms with E-state index in [2.05, 4.69) is 31.2 Å². The van der Waals surface area contributed by atoms with E-state index in [1.165, 1.54) is 0 Å². The van der Waals surface area contributed by atoms with E-state index in [9.17, 15) is 4.79 Å². The maximum Gasteiger partial charge on any atom is 0.273 e. The fraction of sp³-hybridized carbons (Fsp3) is 0.450. The molecular formula is C20H23N7OS. The van der Waals surface area contributed by atoms with Gasteiger partial charge >= 0.3 is 0 Å². The smallest absolute Gasteiger partial charge is 0.273 e. The summed E-state index contributed by atoms with van der Waals surface area (Å²) in [6.07, 6.45) is 2.86. The number of carbonyl (C=O) groups excluding carboxylic acids is 1. The molecule has 29 heavy (non-hydrogen) atoms. The molecular weight excluding hydrogens is 386 g/mol. The average molecular weight is 410 g/mol. The van der Waals surface area contributed by atoms with Gasteiger partial charge in [-0.05, 0) is 31.2 Å². The molecule has 3 aromatic heterocycles. The molecule has 1 saturated heterocycles. The van der Waals surface area contributed by atoms with Gasteiger partial charge in [-0.15, -0.1) is 11.3 Å². The third kappa shape index (κ3) is 3.19. The fourth-order valence-corrected chi connectivity index (χ4v) is 4.94. The predicted molar refractivity (Wildman–Crippen MR) is 114 cm³/mol. The van der Waals surface area contributed by atoms with Crippen molar-refractivity contribution in [1.82, 2.24) is 24.8 Å². The third-order valence-corrected chi connectivity index (χ3v) is 6.40. The number of likely N-dealkylation sites (tertiary alicyclic amines) is 1. The van der Waals surface area contributed by atoms with Crippen LogP contribution < -0.4 is 10.2 Å². The van der Waals surface area contributed by atoms with Crippen molar-refractivity contribution in [1.29, 1.82) is 0 Å². The van der Waals surface area contributed by atoms with Crippen LogP contribution in [-0.2, 0) is 13.0 Å². The molecule has 0 aliphatic carbocycles. The van der Waals surface area contributed by atoms with Crippen molar-refractivity contribution >= 4 is 39.2 Å². The van der Waals surface area contributed by atoms with Crippen LogP contribution in [0.25, 0.3) is 10.2 Å². The van der Waals surface area contributed by atoms with E-state index in [4.69, 9.17) is 4.98 Å². The highest BCUT2D eigenvalue weighted by Gasteiger charge is 2.30. The van der Waals surface area contributed by atoms with Crippen molar-refractivity contribution in [2.45, 2.75) is 32.7 Å². The first-order valence-electron chi connectivity index (χ1n) is 9.97. The summed E-state index contributed by atoms with van der Waals surface area (Å²) < 4.78 is 0. The lowest BCUT2D eigenvalue weighted by molar-refractivity contribution is 0.0785. The van der Waals surface area contributed by atoms with E-state index in [1.807, 2.05) is 17.2 Å². The third-order valence-electron chi connectivity index (χ3n) is 5.60. The zero-order valence-corrected chi connectivity index (χ0v) is 17.4. The summed E-state index contributed by atoms with van der Waals surface area (Å²) in [5.74, 6) is 2.21. The number of thiophene rings is 1. The number of nitrogens with one attached hydrogen (secondary N) is 1.